The summed E-state index contributed by atoms with van der Waals surface area (Å²) in [6.07, 6.45) is 2.22. The number of fused-ring (bicyclic) bond motifs is 9. The van der Waals surface area contributed by atoms with Gasteiger partial charge in [-0.05, 0) is 107 Å². The standard InChI is InChI=1S/C53H48N2O/c1-52(2,3)33-37(53(4,5)6)27-34-23-25-44-45-31-35(24-26-50(45)56-51(44)28-34)36-29-38(54-46-19-11-7-15-40(46)41-16-8-12-20-47(41)54)32-39(30-36)55-48-21-13-9-17-42(48)43-18-10-14-22-49(43)55/h7-26,28-32,37H,27,33H2,1-6H3. The molecule has 276 valence electrons. The van der Waals surface area contributed by atoms with Gasteiger partial charge < -0.3 is 13.6 Å². The number of benzene rings is 7. The predicted octanol–water partition coefficient (Wildman–Crippen LogP) is 15.1. The maximum Gasteiger partial charge on any atom is 0.135 e. The van der Waals surface area contributed by atoms with Crippen LogP contribution in [0.15, 0.2) is 156 Å². The molecule has 0 fully saturated rings. The van der Waals surface area contributed by atoms with E-state index in [9.17, 15) is 0 Å². The lowest BCUT2D eigenvalue weighted by atomic mass is 9.70. The summed E-state index contributed by atoms with van der Waals surface area (Å²) in [4.78, 5) is 0. The molecule has 56 heavy (non-hydrogen) atoms. The molecule has 3 aromatic heterocycles. The average Bonchev–Trinajstić information content (AvgIpc) is 3.84. The van der Waals surface area contributed by atoms with Crippen LogP contribution in [0, 0.1) is 16.7 Å². The highest BCUT2D eigenvalue weighted by atomic mass is 16.3. The summed E-state index contributed by atoms with van der Waals surface area (Å²) in [7, 11) is 0. The average molecular weight is 729 g/mol. The molecule has 0 radical (unpaired) electrons. The number of furan rings is 1. The van der Waals surface area contributed by atoms with Crippen LogP contribution in [-0.4, -0.2) is 9.13 Å². The third kappa shape index (κ3) is 5.80. The molecule has 0 amide bonds. The second-order valence-electron chi connectivity index (χ2n) is 18.2. The Morgan fingerprint density at radius 2 is 0.946 bits per heavy atom. The molecule has 0 aliphatic rings. The van der Waals surface area contributed by atoms with Crippen LogP contribution in [0.1, 0.15) is 53.5 Å². The Morgan fingerprint density at radius 3 is 1.43 bits per heavy atom. The van der Waals surface area contributed by atoms with Gasteiger partial charge in [0, 0.05) is 43.7 Å². The zero-order valence-electron chi connectivity index (χ0n) is 33.2. The van der Waals surface area contributed by atoms with Crippen molar-refractivity contribution in [3.8, 4) is 22.5 Å². The minimum absolute atomic E-state index is 0.219. The predicted molar refractivity (Wildman–Crippen MR) is 239 cm³/mol. The first-order valence-electron chi connectivity index (χ1n) is 20.1. The third-order valence-electron chi connectivity index (χ3n) is 12.0. The molecule has 0 aliphatic heterocycles. The molecular formula is C53H48N2O. The van der Waals surface area contributed by atoms with Crippen LogP contribution in [0.4, 0.5) is 0 Å². The fourth-order valence-corrected chi connectivity index (χ4v) is 9.26. The molecule has 3 heteroatoms. The topological polar surface area (TPSA) is 23.0 Å². The van der Waals surface area contributed by atoms with Crippen molar-refractivity contribution in [2.24, 2.45) is 16.7 Å². The Hall–Kier alpha value is -6.06. The van der Waals surface area contributed by atoms with Crippen LogP contribution in [0.2, 0.25) is 0 Å². The Bertz CT molecular complexity index is 2880. The first kappa shape index (κ1) is 34.4. The second-order valence-corrected chi connectivity index (χ2v) is 18.2. The zero-order valence-corrected chi connectivity index (χ0v) is 33.2. The Morgan fingerprint density at radius 1 is 0.446 bits per heavy atom. The van der Waals surface area contributed by atoms with Crippen molar-refractivity contribution in [3.63, 3.8) is 0 Å². The van der Waals surface area contributed by atoms with Gasteiger partial charge >= 0.3 is 0 Å². The van der Waals surface area contributed by atoms with Crippen LogP contribution in [-0.2, 0) is 6.42 Å². The fraction of sp³-hybridized carbons (Fsp3) is 0.208. The van der Waals surface area contributed by atoms with E-state index in [0.29, 0.717) is 5.92 Å². The van der Waals surface area contributed by atoms with Gasteiger partial charge in [-0.25, -0.2) is 0 Å². The van der Waals surface area contributed by atoms with E-state index in [4.69, 9.17) is 4.42 Å². The number of aromatic nitrogens is 2. The van der Waals surface area contributed by atoms with Crippen molar-refractivity contribution in [3.05, 3.63) is 157 Å². The summed E-state index contributed by atoms with van der Waals surface area (Å²) in [6.45, 7) is 14.2. The van der Waals surface area contributed by atoms with E-state index in [1.807, 2.05) is 0 Å². The third-order valence-corrected chi connectivity index (χ3v) is 12.0. The van der Waals surface area contributed by atoms with Gasteiger partial charge in [-0.1, -0.05) is 133 Å². The lowest BCUT2D eigenvalue weighted by molar-refractivity contribution is 0.164. The van der Waals surface area contributed by atoms with Gasteiger partial charge in [-0.15, -0.1) is 0 Å². The van der Waals surface area contributed by atoms with E-state index < -0.39 is 0 Å². The lowest BCUT2D eigenvalue weighted by Gasteiger charge is -2.36. The van der Waals surface area contributed by atoms with Crippen molar-refractivity contribution >= 4 is 65.6 Å². The molecule has 0 saturated carbocycles. The number of hydrogen-bond donors (Lipinski definition) is 0. The molecule has 10 aromatic rings. The Kier molecular flexibility index (Phi) is 7.84. The van der Waals surface area contributed by atoms with E-state index in [-0.39, 0.29) is 10.8 Å². The van der Waals surface area contributed by atoms with Crippen LogP contribution in [0.3, 0.4) is 0 Å². The van der Waals surface area contributed by atoms with E-state index in [1.165, 1.54) is 55.6 Å². The van der Waals surface area contributed by atoms with E-state index >= 15 is 0 Å². The van der Waals surface area contributed by atoms with Crippen LogP contribution in [0.5, 0.6) is 0 Å². The fourth-order valence-electron chi connectivity index (χ4n) is 9.26. The number of rotatable bonds is 6. The highest BCUT2D eigenvalue weighted by molar-refractivity contribution is 6.11. The number of para-hydroxylation sites is 4. The summed E-state index contributed by atoms with van der Waals surface area (Å²) in [6, 6.07) is 55.8. The molecule has 1 unspecified atom stereocenters. The summed E-state index contributed by atoms with van der Waals surface area (Å²) in [5.74, 6) is 0.571. The molecule has 0 aliphatic carbocycles. The first-order chi connectivity index (χ1) is 27.0. The minimum Gasteiger partial charge on any atom is -0.456 e. The quantitative estimate of drug-likeness (QED) is 0.167. The van der Waals surface area contributed by atoms with Crippen LogP contribution >= 0.6 is 0 Å². The van der Waals surface area contributed by atoms with E-state index in [1.54, 1.807) is 0 Å². The van der Waals surface area contributed by atoms with Gasteiger partial charge in [-0.3, -0.25) is 0 Å². The molecule has 10 rings (SSSR count). The lowest BCUT2D eigenvalue weighted by Crippen LogP contribution is -2.27. The molecular weight excluding hydrogens is 681 g/mol. The molecule has 0 saturated heterocycles. The molecule has 0 bridgehead atoms. The maximum atomic E-state index is 6.60. The molecule has 7 aromatic carbocycles. The largest absolute Gasteiger partial charge is 0.456 e. The Labute approximate surface area is 328 Å². The molecule has 0 N–H and O–H groups in total. The van der Waals surface area contributed by atoms with E-state index in [0.717, 1.165) is 50.9 Å². The summed E-state index contributed by atoms with van der Waals surface area (Å²) >= 11 is 0. The number of hydrogen-bond acceptors (Lipinski definition) is 1. The van der Waals surface area contributed by atoms with Gasteiger partial charge in [-0.2, -0.15) is 0 Å². The van der Waals surface area contributed by atoms with Gasteiger partial charge in [0.1, 0.15) is 11.2 Å². The smallest absolute Gasteiger partial charge is 0.135 e. The van der Waals surface area contributed by atoms with E-state index in [2.05, 4.69) is 202 Å². The minimum atomic E-state index is 0.219. The van der Waals surface area contributed by atoms with Crippen LogP contribution < -0.4 is 0 Å². The highest BCUT2D eigenvalue weighted by Crippen LogP contribution is 2.41. The molecule has 3 nitrogen and oxygen atoms in total. The zero-order chi connectivity index (χ0) is 38.3. The summed E-state index contributed by atoms with van der Waals surface area (Å²) < 4.78 is 11.5. The van der Waals surface area contributed by atoms with Gasteiger partial charge in [0.15, 0.2) is 0 Å². The van der Waals surface area contributed by atoms with Crippen molar-refractivity contribution in [1.82, 2.24) is 9.13 Å². The van der Waals surface area contributed by atoms with Crippen LogP contribution in [0.25, 0.3) is 88.1 Å². The maximum absolute atomic E-state index is 6.60. The van der Waals surface area contributed by atoms with Gasteiger partial charge in [0.05, 0.1) is 22.1 Å². The summed E-state index contributed by atoms with van der Waals surface area (Å²) in [5.41, 5.74) is 13.1. The SMILES string of the molecule is CC(C)(C)CC(Cc1ccc2c(c1)oc1ccc(-c3cc(-n4c5ccccc5c5ccccc54)cc(-n4c5ccccc5c5ccccc54)c3)cc12)C(C)(C)C. The van der Waals surface area contributed by atoms with Crippen molar-refractivity contribution in [1.29, 1.82) is 0 Å². The van der Waals surface area contributed by atoms with Crippen molar-refractivity contribution in [2.75, 3.05) is 0 Å². The molecule has 0 spiro atoms. The normalized spacial score (nSPS) is 13.2. The van der Waals surface area contributed by atoms with Gasteiger partial charge in [0.2, 0.25) is 0 Å². The second kappa shape index (κ2) is 12.7. The Balaban J connectivity index is 1.17. The highest BCUT2D eigenvalue weighted by Gasteiger charge is 2.29. The van der Waals surface area contributed by atoms with Crippen molar-refractivity contribution in [2.45, 2.75) is 54.4 Å². The molecule has 3 heterocycles. The number of nitrogens with zero attached hydrogens (tertiary/aromatic N) is 2. The first-order valence-corrected chi connectivity index (χ1v) is 20.1. The van der Waals surface area contributed by atoms with Crippen molar-refractivity contribution < 1.29 is 4.42 Å². The summed E-state index contributed by atoms with van der Waals surface area (Å²) in [5, 5.41) is 7.32. The monoisotopic (exact) mass is 728 g/mol. The molecule has 1 atom stereocenters. The van der Waals surface area contributed by atoms with Gasteiger partial charge in [0.25, 0.3) is 0 Å².